The monoisotopic (exact) mass is 348 g/mol. The smallest absolute Gasteiger partial charge is 0.326 e. The highest BCUT2D eigenvalue weighted by Crippen LogP contribution is 2.33. The van der Waals surface area contributed by atoms with E-state index >= 15 is 0 Å². The van der Waals surface area contributed by atoms with Gasteiger partial charge in [0.05, 0.1) is 5.69 Å². The Morgan fingerprint density at radius 2 is 2.00 bits per heavy atom. The molecule has 0 heterocycles. The van der Waals surface area contributed by atoms with Crippen molar-refractivity contribution in [3.63, 3.8) is 0 Å². The van der Waals surface area contributed by atoms with Crippen LogP contribution >= 0.6 is 15.9 Å². The van der Waals surface area contributed by atoms with Crippen molar-refractivity contribution in [1.82, 2.24) is 5.32 Å². The van der Waals surface area contributed by atoms with Crippen molar-refractivity contribution in [3.05, 3.63) is 28.2 Å². The second kappa shape index (κ2) is 5.74. The topological polar surface area (TPSA) is 78.4 Å². The number of amides is 2. The maximum absolute atomic E-state index is 13.5. The van der Waals surface area contributed by atoms with Gasteiger partial charge < -0.3 is 15.7 Å². The number of urea groups is 1. The molecule has 3 N–H and O–H groups in total. The molecule has 1 aliphatic rings. The van der Waals surface area contributed by atoms with Gasteiger partial charge in [0.2, 0.25) is 0 Å². The van der Waals surface area contributed by atoms with Crippen LogP contribution in [0.2, 0.25) is 0 Å². The Morgan fingerprint density at radius 3 is 2.50 bits per heavy atom. The molecule has 5 nitrogen and oxygen atoms in total. The maximum atomic E-state index is 13.5. The molecular weight excluding hydrogens is 338 g/mol. The van der Waals surface area contributed by atoms with Gasteiger partial charge in [-0.05, 0) is 40.8 Å². The molecule has 0 bridgehead atoms. The molecule has 0 radical (unpaired) electrons. The van der Waals surface area contributed by atoms with E-state index in [0.717, 1.165) is 18.9 Å². The van der Waals surface area contributed by atoms with E-state index in [4.69, 9.17) is 5.11 Å². The number of hydrogen-bond acceptors (Lipinski definition) is 2. The molecule has 1 aromatic rings. The molecule has 0 spiro atoms. The van der Waals surface area contributed by atoms with Crippen molar-refractivity contribution in [1.29, 1.82) is 0 Å². The first-order valence-corrected chi connectivity index (χ1v) is 6.62. The molecule has 8 heteroatoms. The molecule has 0 saturated heterocycles. The summed E-state index contributed by atoms with van der Waals surface area (Å²) in [4.78, 5) is 22.7. The number of anilines is 1. The Morgan fingerprint density at radius 1 is 1.35 bits per heavy atom. The fraction of sp³-hybridized carbons (Fsp3) is 0.333. The predicted octanol–water partition coefficient (Wildman–Crippen LogP) is 2.71. The number of halogens is 3. The summed E-state index contributed by atoms with van der Waals surface area (Å²) in [5.41, 5.74) is -0.246. The molecule has 1 aromatic carbocycles. The van der Waals surface area contributed by atoms with Gasteiger partial charge in [-0.2, -0.15) is 0 Å². The van der Waals surface area contributed by atoms with Crippen LogP contribution in [0.15, 0.2) is 16.6 Å². The number of carbonyl (C=O) groups is 2. The van der Waals surface area contributed by atoms with Gasteiger partial charge in [-0.3, -0.25) is 0 Å². The van der Waals surface area contributed by atoms with E-state index < -0.39 is 29.7 Å². The molecular formula is C12H11BrF2N2O3. The number of benzene rings is 1. The molecule has 0 aliphatic heterocycles. The standard InChI is InChI=1S/C12H11BrF2N2O3/c13-7-3-6(14)4-8(15)10(7)17-12(20)16-9(11(18)19)5-1-2-5/h3-5,9H,1-2H2,(H,18,19)(H2,16,17,20). The third-order valence-electron chi connectivity index (χ3n) is 2.89. The zero-order valence-corrected chi connectivity index (χ0v) is 11.7. The van der Waals surface area contributed by atoms with E-state index in [-0.39, 0.29) is 16.1 Å². The van der Waals surface area contributed by atoms with Gasteiger partial charge in [0.15, 0.2) is 5.82 Å². The van der Waals surface area contributed by atoms with E-state index in [9.17, 15) is 18.4 Å². The van der Waals surface area contributed by atoms with Crippen molar-refractivity contribution in [2.24, 2.45) is 5.92 Å². The summed E-state index contributed by atoms with van der Waals surface area (Å²) >= 11 is 2.92. The lowest BCUT2D eigenvalue weighted by Gasteiger charge is -2.15. The van der Waals surface area contributed by atoms with Gasteiger partial charge >= 0.3 is 12.0 Å². The Labute approximate surface area is 121 Å². The number of carboxylic acid groups (broad SMARTS) is 1. The summed E-state index contributed by atoms with van der Waals surface area (Å²) in [6.45, 7) is 0. The maximum Gasteiger partial charge on any atom is 0.326 e. The predicted molar refractivity (Wildman–Crippen MR) is 70.4 cm³/mol. The summed E-state index contributed by atoms with van der Waals surface area (Å²) in [7, 11) is 0. The van der Waals surface area contributed by atoms with Crippen LogP contribution in [-0.4, -0.2) is 23.1 Å². The molecule has 1 atom stereocenters. The fourth-order valence-electron chi connectivity index (χ4n) is 1.76. The van der Waals surface area contributed by atoms with E-state index in [2.05, 4.69) is 26.6 Å². The lowest BCUT2D eigenvalue weighted by Crippen LogP contribution is -2.44. The molecule has 2 rings (SSSR count). The highest BCUT2D eigenvalue weighted by Gasteiger charge is 2.37. The van der Waals surface area contributed by atoms with Crippen LogP contribution in [0.4, 0.5) is 19.3 Å². The van der Waals surface area contributed by atoms with E-state index in [1.807, 2.05) is 0 Å². The summed E-state index contributed by atoms with van der Waals surface area (Å²) < 4.78 is 26.4. The lowest BCUT2D eigenvalue weighted by atomic mass is 10.2. The van der Waals surface area contributed by atoms with Gasteiger partial charge in [-0.1, -0.05) is 0 Å². The molecule has 2 amide bonds. The van der Waals surface area contributed by atoms with Crippen molar-refractivity contribution in [2.45, 2.75) is 18.9 Å². The van der Waals surface area contributed by atoms with Crippen LogP contribution in [0.5, 0.6) is 0 Å². The number of carboxylic acids is 1. The highest BCUT2D eigenvalue weighted by atomic mass is 79.9. The van der Waals surface area contributed by atoms with Gasteiger partial charge in [0.25, 0.3) is 0 Å². The largest absolute Gasteiger partial charge is 0.480 e. The second-order valence-corrected chi connectivity index (χ2v) is 5.35. The van der Waals surface area contributed by atoms with Crippen LogP contribution in [0.25, 0.3) is 0 Å². The molecule has 0 aromatic heterocycles. The van der Waals surface area contributed by atoms with Gasteiger partial charge in [-0.15, -0.1) is 0 Å². The number of carbonyl (C=O) groups excluding carboxylic acids is 1. The lowest BCUT2D eigenvalue weighted by molar-refractivity contribution is -0.139. The van der Waals surface area contributed by atoms with Crippen molar-refractivity contribution >= 4 is 33.6 Å². The summed E-state index contributed by atoms with van der Waals surface area (Å²) in [6.07, 6.45) is 1.46. The summed E-state index contributed by atoms with van der Waals surface area (Å²) in [5.74, 6) is -2.98. The van der Waals surface area contributed by atoms with Gasteiger partial charge in [0, 0.05) is 10.5 Å². The number of nitrogens with one attached hydrogen (secondary N) is 2. The minimum absolute atomic E-state index is 0.0310. The minimum atomic E-state index is -1.14. The second-order valence-electron chi connectivity index (χ2n) is 4.50. The first-order valence-electron chi connectivity index (χ1n) is 5.83. The third-order valence-corrected chi connectivity index (χ3v) is 3.52. The fourth-order valence-corrected chi connectivity index (χ4v) is 2.27. The third kappa shape index (κ3) is 3.44. The molecule has 1 fully saturated rings. The zero-order valence-electron chi connectivity index (χ0n) is 10.1. The van der Waals surface area contributed by atoms with E-state index in [0.29, 0.717) is 6.07 Å². The van der Waals surface area contributed by atoms with Crippen LogP contribution in [0.1, 0.15) is 12.8 Å². The first-order chi connectivity index (χ1) is 9.38. The van der Waals surface area contributed by atoms with Gasteiger partial charge in [0.1, 0.15) is 11.9 Å². The van der Waals surface area contributed by atoms with Crippen LogP contribution < -0.4 is 10.6 Å². The van der Waals surface area contributed by atoms with Gasteiger partial charge in [-0.25, -0.2) is 18.4 Å². The van der Waals surface area contributed by atoms with E-state index in [1.54, 1.807) is 0 Å². The summed E-state index contributed by atoms with van der Waals surface area (Å²) in [6, 6.07) is -0.239. The number of hydrogen-bond donors (Lipinski definition) is 3. The minimum Gasteiger partial charge on any atom is -0.480 e. The first kappa shape index (κ1) is 14.7. The molecule has 1 unspecified atom stereocenters. The van der Waals surface area contributed by atoms with Crippen molar-refractivity contribution in [2.75, 3.05) is 5.32 Å². The van der Waals surface area contributed by atoms with Crippen LogP contribution in [0.3, 0.4) is 0 Å². The zero-order chi connectivity index (χ0) is 14.9. The molecule has 20 heavy (non-hydrogen) atoms. The van der Waals surface area contributed by atoms with Crippen molar-refractivity contribution in [3.8, 4) is 0 Å². The Kier molecular flexibility index (Phi) is 4.22. The normalized spacial score (nSPS) is 15.6. The molecule has 108 valence electrons. The Bertz CT molecular complexity index is 541. The molecule has 1 saturated carbocycles. The van der Waals surface area contributed by atoms with Crippen molar-refractivity contribution < 1.29 is 23.5 Å². The molecule has 1 aliphatic carbocycles. The Balaban J connectivity index is 2.06. The highest BCUT2D eigenvalue weighted by molar-refractivity contribution is 9.10. The average molecular weight is 349 g/mol. The SMILES string of the molecule is O=C(Nc1c(F)cc(F)cc1Br)NC(C(=O)O)C1CC1. The quantitative estimate of drug-likeness (QED) is 0.782. The number of rotatable bonds is 4. The van der Waals surface area contributed by atoms with Crippen LogP contribution in [-0.2, 0) is 4.79 Å². The van der Waals surface area contributed by atoms with Crippen LogP contribution in [0, 0.1) is 17.6 Å². The Hall–Kier alpha value is -1.70. The number of aliphatic carboxylic acids is 1. The van der Waals surface area contributed by atoms with E-state index in [1.165, 1.54) is 0 Å². The average Bonchev–Trinajstić information content (AvgIpc) is 3.14. The summed E-state index contributed by atoms with van der Waals surface area (Å²) in [5, 5.41) is 13.4.